The molecule has 1 rings (SSSR count). The molecule has 19 heavy (non-hydrogen) atoms. The summed E-state index contributed by atoms with van der Waals surface area (Å²) in [5.74, 6) is 0.885. The number of hydrogen-bond acceptors (Lipinski definition) is 5. The van der Waals surface area contributed by atoms with E-state index in [0.717, 1.165) is 24.5 Å². The molecule has 0 amide bonds. The van der Waals surface area contributed by atoms with Crippen LogP contribution in [0.25, 0.3) is 0 Å². The zero-order chi connectivity index (χ0) is 14.5. The van der Waals surface area contributed by atoms with Crippen molar-refractivity contribution in [2.45, 2.75) is 52.4 Å². The summed E-state index contributed by atoms with van der Waals surface area (Å²) in [5.41, 5.74) is 1.03. The lowest BCUT2D eigenvalue weighted by Gasteiger charge is -2.22. The van der Waals surface area contributed by atoms with E-state index < -0.39 is 0 Å². The molecular formula is C14H27N3O2. The first kappa shape index (κ1) is 16.1. The third kappa shape index (κ3) is 6.18. The van der Waals surface area contributed by atoms with Gasteiger partial charge in [-0.15, -0.1) is 0 Å². The van der Waals surface area contributed by atoms with Gasteiger partial charge in [-0.25, -0.2) is 0 Å². The molecule has 0 saturated heterocycles. The number of ether oxygens (including phenoxy) is 1. The van der Waals surface area contributed by atoms with E-state index in [2.05, 4.69) is 50.1 Å². The second-order valence-electron chi connectivity index (χ2n) is 6.11. The van der Waals surface area contributed by atoms with Gasteiger partial charge in [-0.3, -0.25) is 4.90 Å². The molecule has 1 unspecified atom stereocenters. The summed E-state index contributed by atoms with van der Waals surface area (Å²) in [7, 11) is 3.77. The molecule has 1 N–H and O–H groups in total. The van der Waals surface area contributed by atoms with Crippen LogP contribution in [0.15, 0.2) is 10.6 Å². The highest BCUT2D eigenvalue weighted by atomic mass is 16.5. The van der Waals surface area contributed by atoms with Gasteiger partial charge in [-0.05, 0) is 34.7 Å². The first-order valence-corrected chi connectivity index (χ1v) is 6.70. The van der Waals surface area contributed by atoms with Gasteiger partial charge < -0.3 is 14.6 Å². The molecule has 0 bridgehead atoms. The summed E-state index contributed by atoms with van der Waals surface area (Å²) >= 11 is 0. The van der Waals surface area contributed by atoms with Crippen molar-refractivity contribution in [3.63, 3.8) is 0 Å². The Labute approximate surface area is 116 Å². The van der Waals surface area contributed by atoms with Crippen molar-refractivity contribution in [2.24, 2.45) is 0 Å². The van der Waals surface area contributed by atoms with E-state index in [-0.39, 0.29) is 5.54 Å². The first-order valence-electron chi connectivity index (χ1n) is 6.70. The van der Waals surface area contributed by atoms with E-state index in [4.69, 9.17) is 9.26 Å². The minimum Gasteiger partial charge on any atom is -0.383 e. The van der Waals surface area contributed by atoms with Crippen LogP contribution in [0, 0.1) is 0 Å². The van der Waals surface area contributed by atoms with Crippen LogP contribution in [0.3, 0.4) is 0 Å². The fourth-order valence-electron chi connectivity index (χ4n) is 1.64. The van der Waals surface area contributed by atoms with E-state index in [1.165, 1.54) is 0 Å². The average Bonchev–Trinajstić information content (AvgIpc) is 2.73. The van der Waals surface area contributed by atoms with Crippen molar-refractivity contribution in [1.29, 1.82) is 0 Å². The number of nitrogens with zero attached hydrogens (tertiary/aromatic N) is 2. The molecule has 1 atom stereocenters. The Hall–Kier alpha value is -0.910. The summed E-state index contributed by atoms with van der Waals surface area (Å²) < 4.78 is 10.5. The molecule has 0 aliphatic rings. The molecule has 1 aromatic heterocycles. The number of likely N-dealkylation sites (N-methyl/N-ethyl adjacent to an activating group) is 1. The van der Waals surface area contributed by atoms with Crippen molar-refractivity contribution in [2.75, 3.05) is 20.8 Å². The molecule has 0 radical (unpaired) electrons. The average molecular weight is 269 g/mol. The van der Waals surface area contributed by atoms with Crippen LogP contribution in [0.4, 0.5) is 0 Å². The number of methoxy groups -OCH3 is 1. The molecule has 0 aliphatic carbocycles. The lowest BCUT2D eigenvalue weighted by Crippen LogP contribution is -2.35. The number of hydrogen-bond donors (Lipinski definition) is 1. The molecule has 0 aliphatic heterocycles. The molecule has 0 fully saturated rings. The normalized spacial score (nSPS) is 14.1. The van der Waals surface area contributed by atoms with Crippen LogP contribution in [0.5, 0.6) is 0 Å². The van der Waals surface area contributed by atoms with Gasteiger partial charge >= 0.3 is 0 Å². The highest BCUT2D eigenvalue weighted by molar-refractivity contribution is 5.05. The smallest absolute Gasteiger partial charge is 0.151 e. The van der Waals surface area contributed by atoms with E-state index in [1.807, 2.05) is 6.07 Å². The maximum Gasteiger partial charge on any atom is 0.151 e. The van der Waals surface area contributed by atoms with Gasteiger partial charge in [0.05, 0.1) is 18.8 Å². The lowest BCUT2D eigenvalue weighted by atomic mass is 10.1. The topological polar surface area (TPSA) is 50.5 Å². The highest BCUT2D eigenvalue weighted by Gasteiger charge is 2.14. The molecule has 0 aromatic carbocycles. The third-order valence-corrected chi connectivity index (χ3v) is 2.97. The first-order chi connectivity index (χ1) is 8.81. The van der Waals surface area contributed by atoms with Gasteiger partial charge in [-0.2, -0.15) is 0 Å². The molecule has 5 heteroatoms. The van der Waals surface area contributed by atoms with Gasteiger partial charge in [0.25, 0.3) is 0 Å². The van der Waals surface area contributed by atoms with E-state index in [9.17, 15) is 0 Å². The zero-order valence-corrected chi connectivity index (χ0v) is 13.0. The monoisotopic (exact) mass is 269 g/mol. The number of nitrogens with one attached hydrogen (secondary N) is 1. The molecule has 0 spiro atoms. The van der Waals surface area contributed by atoms with Crippen molar-refractivity contribution in [3.8, 4) is 0 Å². The molecule has 1 heterocycles. The van der Waals surface area contributed by atoms with Crippen LogP contribution in [-0.2, 0) is 17.8 Å². The van der Waals surface area contributed by atoms with Gasteiger partial charge in [0.2, 0.25) is 0 Å². The summed E-state index contributed by atoms with van der Waals surface area (Å²) in [4.78, 5) is 2.19. The fourth-order valence-corrected chi connectivity index (χ4v) is 1.64. The number of rotatable bonds is 7. The van der Waals surface area contributed by atoms with Crippen molar-refractivity contribution < 1.29 is 9.26 Å². The number of aromatic nitrogens is 1. The predicted octanol–water partition coefficient (Wildman–Crippen LogP) is 2.03. The summed E-state index contributed by atoms with van der Waals surface area (Å²) in [6, 6.07) is 2.36. The maximum atomic E-state index is 5.36. The maximum absolute atomic E-state index is 5.36. The Balaban J connectivity index is 2.46. The van der Waals surface area contributed by atoms with Crippen LogP contribution < -0.4 is 5.32 Å². The van der Waals surface area contributed by atoms with Gasteiger partial charge in [0, 0.05) is 31.3 Å². The minimum absolute atomic E-state index is 0.0862. The Morgan fingerprint density at radius 3 is 2.74 bits per heavy atom. The van der Waals surface area contributed by atoms with Crippen molar-refractivity contribution in [1.82, 2.24) is 15.4 Å². The highest BCUT2D eigenvalue weighted by Crippen LogP contribution is 2.10. The van der Waals surface area contributed by atoms with Crippen molar-refractivity contribution >= 4 is 0 Å². The van der Waals surface area contributed by atoms with E-state index >= 15 is 0 Å². The Kier molecular flexibility index (Phi) is 5.97. The molecular weight excluding hydrogens is 242 g/mol. The fraction of sp³-hybridized carbons (Fsp3) is 0.786. The summed E-state index contributed by atoms with van der Waals surface area (Å²) in [6.07, 6.45) is 0. The summed E-state index contributed by atoms with van der Waals surface area (Å²) in [5, 5.41) is 7.47. The van der Waals surface area contributed by atoms with Gasteiger partial charge in [0.1, 0.15) is 0 Å². The lowest BCUT2D eigenvalue weighted by molar-refractivity contribution is 0.106. The molecule has 1 aromatic rings. The van der Waals surface area contributed by atoms with Crippen LogP contribution in [-0.4, -0.2) is 42.4 Å². The molecule has 110 valence electrons. The Morgan fingerprint density at radius 1 is 1.47 bits per heavy atom. The minimum atomic E-state index is 0.0862. The van der Waals surface area contributed by atoms with Crippen LogP contribution in [0.1, 0.15) is 39.1 Å². The Bertz CT molecular complexity index is 371. The largest absolute Gasteiger partial charge is 0.383 e. The SMILES string of the molecule is COCC(C)N(C)Cc1cc(CNC(C)(C)C)no1. The quantitative estimate of drug-likeness (QED) is 0.821. The Morgan fingerprint density at radius 2 is 2.16 bits per heavy atom. The van der Waals surface area contributed by atoms with E-state index in [1.54, 1.807) is 7.11 Å². The van der Waals surface area contributed by atoms with Crippen molar-refractivity contribution in [3.05, 3.63) is 17.5 Å². The van der Waals surface area contributed by atoms with Crippen LogP contribution in [0.2, 0.25) is 0 Å². The van der Waals surface area contributed by atoms with Gasteiger partial charge in [0.15, 0.2) is 5.76 Å². The second kappa shape index (κ2) is 7.03. The standard InChI is InChI=1S/C14H27N3O2/c1-11(10-18-6)17(5)9-13-7-12(16-19-13)8-15-14(2,3)4/h7,11,15H,8-10H2,1-6H3. The predicted molar refractivity (Wildman–Crippen MR) is 75.9 cm³/mol. The van der Waals surface area contributed by atoms with E-state index in [0.29, 0.717) is 12.6 Å². The molecule has 0 saturated carbocycles. The molecule has 5 nitrogen and oxygen atoms in total. The van der Waals surface area contributed by atoms with Gasteiger partial charge in [-0.1, -0.05) is 5.16 Å². The zero-order valence-electron chi connectivity index (χ0n) is 13.0. The second-order valence-corrected chi connectivity index (χ2v) is 6.11. The third-order valence-electron chi connectivity index (χ3n) is 2.97. The van der Waals surface area contributed by atoms with Crippen LogP contribution >= 0.6 is 0 Å². The summed E-state index contributed by atoms with van der Waals surface area (Å²) in [6.45, 7) is 10.7.